The Kier molecular flexibility index (Phi) is 4.92. The average Bonchev–Trinajstić information content (AvgIpc) is 2.86. The van der Waals surface area contributed by atoms with Crippen molar-refractivity contribution in [2.75, 3.05) is 7.05 Å². The van der Waals surface area contributed by atoms with Crippen LogP contribution in [-0.4, -0.2) is 19.8 Å². The van der Waals surface area contributed by atoms with E-state index in [4.69, 9.17) is 0 Å². The van der Waals surface area contributed by atoms with Crippen molar-refractivity contribution in [1.29, 1.82) is 0 Å². The molecule has 0 N–H and O–H groups in total. The van der Waals surface area contributed by atoms with Gasteiger partial charge in [-0.05, 0) is 50.6 Å². The van der Waals surface area contributed by atoms with Gasteiger partial charge in [0.15, 0.2) is 0 Å². The molecule has 1 heterocycles. The Labute approximate surface area is 138 Å². The summed E-state index contributed by atoms with van der Waals surface area (Å²) in [6.07, 6.45) is 0. The van der Waals surface area contributed by atoms with E-state index >= 15 is 0 Å². The molecule has 0 amide bonds. The highest BCUT2D eigenvalue weighted by atomic mass is 79.9. The second-order valence-corrected chi connectivity index (χ2v) is 9.26. The zero-order valence-electron chi connectivity index (χ0n) is 12.4. The van der Waals surface area contributed by atoms with Crippen molar-refractivity contribution in [1.82, 2.24) is 4.31 Å². The van der Waals surface area contributed by atoms with Crippen molar-refractivity contribution in [3.8, 4) is 0 Å². The summed E-state index contributed by atoms with van der Waals surface area (Å²) in [6.45, 7) is 5.75. The molecule has 0 bridgehead atoms. The van der Waals surface area contributed by atoms with E-state index in [-0.39, 0.29) is 6.04 Å². The van der Waals surface area contributed by atoms with Crippen molar-refractivity contribution >= 4 is 37.3 Å². The van der Waals surface area contributed by atoms with Crippen LogP contribution in [0.2, 0.25) is 0 Å². The lowest BCUT2D eigenvalue weighted by Crippen LogP contribution is -2.29. The topological polar surface area (TPSA) is 37.4 Å². The second kappa shape index (κ2) is 6.20. The summed E-state index contributed by atoms with van der Waals surface area (Å²) < 4.78 is 27.9. The van der Waals surface area contributed by atoms with Crippen LogP contribution in [0.15, 0.2) is 39.7 Å². The van der Waals surface area contributed by atoms with Crippen LogP contribution in [0.3, 0.4) is 0 Å². The maximum absolute atomic E-state index is 12.8. The number of hydrogen-bond donors (Lipinski definition) is 0. The molecule has 2 aromatic rings. The first kappa shape index (κ1) is 16.7. The molecule has 0 aliphatic heterocycles. The molecule has 3 nitrogen and oxygen atoms in total. The molecule has 0 radical (unpaired) electrons. The molecular formula is C15H18BrNO2S2. The number of aryl methyl sites for hydroxylation is 2. The van der Waals surface area contributed by atoms with Gasteiger partial charge in [0.05, 0.1) is 10.9 Å². The van der Waals surface area contributed by atoms with Crippen molar-refractivity contribution in [2.45, 2.75) is 31.7 Å². The predicted octanol–water partition coefficient (Wildman–Crippen LogP) is 4.51. The summed E-state index contributed by atoms with van der Waals surface area (Å²) in [5.41, 5.74) is 0.750. The third-order valence-electron chi connectivity index (χ3n) is 3.53. The average molecular weight is 388 g/mol. The molecule has 1 unspecified atom stereocenters. The predicted molar refractivity (Wildman–Crippen MR) is 91.3 cm³/mol. The summed E-state index contributed by atoms with van der Waals surface area (Å²) in [6, 6.07) is 9.14. The van der Waals surface area contributed by atoms with Gasteiger partial charge in [-0.15, -0.1) is 11.3 Å². The number of sulfonamides is 1. The Morgan fingerprint density at radius 3 is 2.43 bits per heavy atom. The van der Waals surface area contributed by atoms with Crippen LogP contribution in [-0.2, 0) is 10.0 Å². The number of rotatable bonds is 4. The highest BCUT2D eigenvalue weighted by Crippen LogP contribution is 2.32. The summed E-state index contributed by atoms with van der Waals surface area (Å²) in [7, 11) is -1.89. The van der Waals surface area contributed by atoms with E-state index in [0.29, 0.717) is 4.90 Å². The molecule has 0 fully saturated rings. The lowest BCUT2D eigenvalue weighted by molar-refractivity contribution is 0.402. The quantitative estimate of drug-likeness (QED) is 0.773. The molecular weight excluding hydrogens is 370 g/mol. The molecule has 2 rings (SSSR count). The van der Waals surface area contributed by atoms with E-state index < -0.39 is 10.0 Å². The van der Waals surface area contributed by atoms with Crippen molar-refractivity contribution in [2.24, 2.45) is 0 Å². The fourth-order valence-corrected chi connectivity index (χ4v) is 5.22. The first-order valence-corrected chi connectivity index (χ1v) is 9.59. The molecule has 1 atom stereocenters. The number of thiophene rings is 1. The number of nitrogens with zero attached hydrogens (tertiary/aromatic N) is 1. The Balaban J connectivity index is 2.41. The lowest BCUT2D eigenvalue weighted by atomic mass is 10.2. The summed E-state index contributed by atoms with van der Waals surface area (Å²) in [5, 5.41) is 0. The van der Waals surface area contributed by atoms with Gasteiger partial charge in [0.25, 0.3) is 0 Å². The maximum atomic E-state index is 12.8. The molecule has 1 aromatic carbocycles. The second-order valence-electron chi connectivity index (χ2n) is 5.06. The Morgan fingerprint density at radius 1 is 1.19 bits per heavy atom. The molecule has 0 aliphatic rings. The van der Waals surface area contributed by atoms with Crippen LogP contribution in [0.5, 0.6) is 0 Å². The van der Waals surface area contributed by atoms with Gasteiger partial charge in [-0.1, -0.05) is 22.0 Å². The van der Waals surface area contributed by atoms with Crippen LogP contribution in [0.4, 0.5) is 0 Å². The normalized spacial score (nSPS) is 13.6. The van der Waals surface area contributed by atoms with Crippen LogP contribution in [0, 0.1) is 13.8 Å². The van der Waals surface area contributed by atoms with Gasteiger partial charge in [0, 0.05) is 21.3 Å². The van der Waals surface area contributed by atoms with Crippen molar-refractivity contribution < 1.29 is 8.42 Å². The molecule has 0 saturated heterocycles. The number of halogens is 1. The molecule has 6 heteroatoms. The summed E-state index contributed by atoms with van der Waals surface area (Å²) in [5.74, 6) is 0. The van der Waals surface area contributed by atoms with Crippen LogP contribution in [0.1, 0.15) is 28.3 Å². The zero-order valence-corrected chi connectivity index (χ0v) is 15.6. The Morgan fingerprint density at radius 2 is 1.86 bits per heavy atom. The smallest absolute Gasteiger partial charge is 0.207 e. The van der Waals surface area contributed by atoms with Crippen LogP contribution in [0.25, 0.3) is 0 Å². The van der Waals surface area contributed by atoms with Gasteiger partial charge in [0.1, 0.15) is 0 Å². The van der Waals surface area contributed by atoms with E-state index in [1.54, 1.807) is 24.5 Å². The molecule has 21 heavy (non-hydrogen) atoms. The molecule has 0 aliphatic carbocycles. The molecule has 1 aromatic heterocycles. The van der Waals surface area contributed by atoms with E-state index in [0.717, 1.165) is 14.9 Å². The van der Waals surface area contributed by atoms with E-state index in [1.807, 2.05) is 45.0 Å². The lowest BCUT2D eigenvalue weighted by Gasteiger charge is -2.24. The van der Waals surface area contributed by atoms with Gasteiger partial charge < -0.3 is 0 Å². The Bertz CT molecular complexity index is 753. The van der Waals surface area contributed by atoms with E-state index in [2.05, 4.69) is 15.9 Å². The minimum absolute atomic E-state index is 0.188. The van der Waals surface area contributed by atoms with Gasteiger partial charge in [-0.2, -0.15) is 4.31 Å². The monoisotopic (exact) mass is 387 g/mol. The first-order chi connectivity index (χ1) is 9.73. The summed E-state index contributed by atoms with van der Waals surface area (Å²) >= 11 is 4.97. The zero-order chi connectivity index (χ0) is 15.8. The third-order valence-corrected chi connectivity index (χ3v) is 7.26. The minimum atomic E-state index is -3.52. The van der Waals surface area contributed by atoms with Gasteiger partial charge in [0.2, 0.25) is 10.0 Å². The molecule has 0 spiro atoms. The van der Waals surface area contributed by atoms with Gasteiger partial charge in [-0.25, -0.2) is 8.42 Å². The van der Waals surface area contributed by atoms with Crippen molar-refractivity contribution in [3.63, 3.8) is 0 Å². The standard InChI is InChI=1S/C15H18BrNO2S2/c1-10-5-7-13(16)9-15(10)21(18,19)17(4)12(3)14-8-6-11(2)20-14/h5-9,12H,1-4H3. The van der Waals surface area contributed by atoms with Crippen molar-refractivity contribution in [3.05, 3.63) is 50.1 Å². The van der Waals surface area contributed by atoms with Gasteiger partial charge in [-0.3, -0.25) is 0 Å². The number of benzene rings is 1. The van der Waals surface area contributed by atoms with Crippen LogP contribution >= 0.6 is 27.3 Å². The first-order valence-electron chi connectivity index (χ1n) is 6.54. The largest absolute Gasteiger partial charge is 0.243 e. The fraction of sp³-hybridized carbons (Fsp3) is 0.333. The minimum Gasteiger partial charge on any atom is -0.207 e. The third kappa shape index (κ3) is 3.39. The summed E-state index contributed by atoms with van der Waals surface area (Å²) in [4.78, 5) is 2.58. The molecule has 114 valence electrons. The Hall–Kier alpha value is -0.690. The SMILES string of the molecule is Cc1ccc(C(C)N(C)S(=O)(=O)c2cc(Br)ccc2C)s1. The van der Waals surface area contributed by atoms with Crippen LogP contribution < -0.4 is 0 Å². The highest BCUT2D eigenvalue weighted by Gasteiger charge is 2.28. The molecule has 0 saturated carbocycles. The van der Waals surface area contributed by atoms with Gasteiger partial charge >= 0.3 is 0 Å². The highest BCUT2D eigenvalue weighted by molar-refractivity contribution is 9.10. The van der Waals surface area contributed by atoms with E-state index in [1.165, 1.54) is 9.18 Å². The number of hydrogen-bond acceptors (Lipinski definition) is 3. The maximum Gasteiger partial charge on any atom is 0.243 e. The van der Waals surface area contributed by atoms with E-state index in [9.17, 15) is 8.42 Å². The fourth-order valence-electron chi connectivity index (χ4n) is 2.07.